The van der Waals surface area contributed by atoms with E-state index in [9.17, 15) is 9.18 Å². The second-order valence-corrected chi connectivity index (χ2v) is 6.64. The summed E-state index contributed by atoms with van der Waals surface area (Å²) in [7, 11) is 0. The molecule has 1 atom stereocenters. The maximum absolute atomic E-state index is 13.3. The van der Waals surface area contributed by atoms with Crippen LogP contribution in [0.3, 0.4) is 0 Å². The third kappa shape index (κ3) is 3.99. The average molecular weight is 326 g/mol. The van der Waals surface area contributed by atoms with E-state index in [1.165, 1.54) is 12.1 Å². The summed E-state index contributed by atoms with van der Waals surface area (Å²) in [4.78, 5) is 19.4. The summed E-state index contributed by atoms with van der Waals surface area (Å²) in [6.07, 6.45) is 4.37. The first-order chi connectivity index (χ1) is 11.6. The average Bonchev–Trinajstić information content (AvgIpc) is 2.62. The van der Waals surface area contributed by atoms with Gasteiger partial charge in [-0.2, -0.15) is 0 Å². The van der Waals surface area contributed by atoms with Gasteiger partial charge < -0.3 is 4.90 Å². The minimum Gasteiger partial charge on any atom is -0.342 e. The van der Waals surface area contributed by atoms with Crippen LogP contribution in [0.25, 0.3) is 0 Å². The summed E-state index contributed by atoms with van der Waals surface area (Å²) in [6, 6.07) is 12.0. The zero-order valence-corrected chi connectivity index (χ0v) is 14.0. The first kappa shape index (κ1) is 16.6. The van der Waals surface area contributed by atoms with Crippen LogP contribution in [0, 0.1) is 11.7 Å². The molecule has 1 aromatic heterocycles. The smallest absolute Gasteiger partial charge is 0.230 e. The summed E-state index contributed by atoms with van der Waals surface area (Å²) >= 11 is 0. The number of carbonyl (C=O) groups is 1. The van der Waals surface area contributed by atoms with Crippen molar-refractivity contribution in [2.24, 2.45) is 5.92 Å². The number of rotatable bonds is 4. The van der Waals surface area contributed by atoms with Gasteiger partial charge in [-0.3, -0.25) is 9.78 Å². The predicted octanol–water partition coefficient (Wildman–Crippen LogP) is 3.81. The van der Waals surface area contributed by atoms with Crippen molar-refractivity contribution in [1.29, 1.82) is 0 Å². The van der Waals surface area contributed by atoms with Crippen molar-refractivity contribution in [1.82, 2.24) is 9.88 Å². The van der Waals surface area contributed by atoms with E-state index < -0.39 is 0 Å². The number of hydrogen-bond acceptors (Lipinski definition) is 2. The van der Waals surface area contributed by atoms with Crippen LogP contribution in [0.4, 0.5) is 4.39 Å². The van der Waals surface area contributed by atoms with Gasteiger partial charge in [0.2, 0.25) is 5.91 Å². The number of pyridine rings is 1. The van der Waals surface area contributed by atoms with Crippen molar-refractivity contribution in [2.45, 2.75) is 32.1 Å². The van der Waals surface area contributed by atoms with Gasteiger partial charge in [-0.25, -0.2) is 4.39 Å². The maximum Gasteiger partial charge on any atom is 0.230 e. The fraction of sp³-hybridized carbons (Fsp3) is 0.400. The Morgan fingerprint density at radius 1 is 1.21 bits per heavy atom. The first-order valence-corrected chi connectivity index (χ1v) is 8.57. The largest absolute Gasteiger partial charge is 0.342 e. The molecule has 0 spiro atoms. The number of hydrogen-bond donors (Lipinski definition) is 0. The molecular weight excluding hydrogens is 303 g/mol. The van der Waals surface area contributed by atoms with E-state index in [-0.39, 0.29) is 17.6 Å². The van der Waals surface area contributed by atoms with E-state index in [1.54, 1.807) is 18.3 Å². The Morgan fingerprint density at radius 2 is 1.92 bits per heavy atom. The molecule has 1 fully saturated rings. The quantitative estimate of drug-likeness (QED) is 0.856. The Balaban J connectivity index is 1.83. The lowest BCUT2D eigenvalue weighted by Crippen LogP contribution is -2.41. The fourth-order valence-electron chi connectivity index (χ4n) is 3.22. The lowest BCUT2D eigenvalue weighted by molar-refractivity contribution is -0.134. The molecule has 24 heavy (non-hydrogen) atoms. The monoisotopic (exact) mass is 326 g/mol. The fourth-order valence-corrected chi connectivity index (χ4v) is 3.22. The molecule has 2 heterocycles. The summed E-state index contributed by atoms with van der Waals surface area (Å²) in [5.74, 6) is 0.205. The number of piperidine rings is 1. The number of carbonyl (C=O) groups excluding carboxylic acids is 1. The number of nitrogens with zero attached hydrogens (tertiary/aromatic N) is 2. The minimum absolute atomic E-state index is 0.124. The first-order valence-electron chi connectivity index (χ1n) is 8.57. The van der Waals surface area contributed by atoms with Crippen molar-refractivity contribution < 1.29 is 9.18 Å². The third-order valence-electron chi connectivity index (χ3n) is 4.81. The van der Waals surface area contributed by atoms with E-state index in [0.29, 0.717) is 12.3 Å². The highest BCUT2D eigenvalue weighted by Crippen LogP contribution is 2.26. The van der Waals surface area contributed by atoms with Crippen LogP contribution in [0.15, 0.2) is 48.7 Å². The summed E-state index contributed by atoms with van der Waals surface area (Å²) in [5.41, 5.74) is 1.73. The minimum atomic E-state index is -0.311. The van der Waals surface area contributed by atoms with Gasteiger partial charge in [-0.15, -0.1) is 0 Å². The van der Waals surface area contributed by atoms with E-state index in [4.69, 9.17) is 0 Å². The van der Waals surface area contributed by atoms with Gasteiger partial charge >= 0.3 is 0 Å². The topological polar surface area (TPSA) is 33.2 Å². The number of amides is 1. The van der Waals surface area contributed by atoms with Crippen LogP contribution in [-0.2, 0) is 11.2 Å². The molecule has 0 radical (unpaired) electrons. The van der Waals surface area contributed by atoms with Gasteiger partial charge in [0, 0.05) is 31.4 Å². The second kappa shape index (κ2) is 7.56. The van der Waals surface area contributed by atoms with Crippen LogP contribution in [0.2, 0.25) is 0 Å². The Bertz CT molecular complexity index is 664. The van der Waals surface area contributed by atoms with E-state index in [0.717, 1.165) is 37.2 Å². The van der Waals surface area contributed by atoms with Gasteiger partial charge in [0.05, 0.1) is 5.92 Å². The molecule has 1 aromatic carbocycles. The Labute approximate surface area is 142 Å². The number of benzene rings is 1. The number of halogens is 1. The van der Waals surface area contributed by atoms with E-state index in [2.05, 4.69) is 11.9 Å². The second-order valence-electron chi connectivity index (χ2n) is 6.64. The molecule has 1 aliphatic heterocycles. The lowest BCUT2D eigenvalue weighted by Gasteiger charge is -2.33. The molecule has 4 heteroatoms. The molecule has 2 aromatic rings. The van der Waals surface area contributed by atoms with Crippen molar-refractivity contribution >= 4 is 5.91 Å². The number of aromatic nitrogens is 1. The zero-order chi connectivity index (χ0) is 16.9. The molecule has 1 aliphatic rings. The third-order valence-corrected chi connectivity index (χ3v) is 4.81. The highest BCUT2D eigenvalue weighted by atomic mass is 19.1. The lowest BCUT2D eigenvalue weighted by atomic mass is 9.90. The van der Waals surface area contributed by atoms with Crippen LogP contribution in [0.5, 0.6) is 0 Å². The van der Waals surface area contributed by atoms with Crippen LogP contribution < -0.4 is 0 Å². The summed E-state index contributed by atoms with van der Waals surface area (Å²) in [5, 5.41) is 0. The molecular formula is C20H23FN2O. The van der Waals surface area contributed by atoms with Gasteiger partial charge in [0.1, 0.15) is 5.82 Å². The summed E-state index contributed by atoms with van der Waals surface area (Å²) < 4.78 is 13.3. The van der Waals surface area contributed by atoms with Crippen LogP contribution in [-0.4, -0.2) is 28.9 Å². The molecule has 0 saturated carbocycles. The highest BCUT2D eigenvalue weighted by Gasteiger charge is 2.28. The molecule has 1 unspecified atom stereocenters. The van der Waals surface area contributed by atoms with Gasteiger partial charge in [0.15, 0.2) is 0 Å². The van der Waals surface area contributed by atoms with E-state index >= 15 is 0 Å². The van der Waals surface area contributed by atoms with Gasteiger partial charge in [-0.1, -0.05) is 25.1 Å². The molecule has 3 nitrogen and oxygen atoms in total. The molecule has 0 N–H and O–H groups in total. The molecule has 1 saturated heterocycles. The van der Waals surface area contributed by atoms with Crippen molar-refractivity contribution in [3.8, 4) is 0 Å². The molecule has 126 valence electrons. The highest BCUT2D eigenvalue weighted by molar-refractivity contribution is 5.84. The predicted molar refractivity (Wildman–Crippen MR) is 92.1 cm³/mol. The van der Waals surface area contributed by atoms with E-state index in [1.807, 2.05) is 23.1 Å². The van der Waals surface area contributed by atoms with Crippen LogP contribution >= 0.6 is 0 Å². The summed E-state index contributed by atoms with van der Waals surface area (Å²) in [6.45, 7) is 3.84. The Kier molecular flexibility index (Phi) is 5.24. The van der Waals surface area contributed by atoms with Crippen molar-refractivity contribution in [3.63, 3.8) is 0 Å². The maximum atomic E-state index is 13.3. The number of likely N-dealkylation sites (tertiary alicyclic amines) is 1. The van der Waals surface area contributed by atoms with Gasteiger partial charge in [-0.05, 0) is 48.6 Å². The van der Waals surface area contributed by atoms with Crippen molar-refractivity contribution in [3.05, 3.63) is 65.7 Å². The normalized spacial score (nSPS) is 16.8. The SMILES string of the molecule is CC1CCN(C(=O)C(Cc2ccccn2)c2ccc(F)cc2)CC1. The Hall–Kier alpha value is -2.23. The van der Waals surface area contributed by atoms with Crippen molar-refractivity contribution in [2.75, 3.05) is 13.1 Å². The van der Waals surface area contributed by atoms with Gasteiger partial charge in [0.25, 0.3) is 0 Å². The zero-order valence-electron chi connectivity index (χ0n) is 14.0. The Morgan fingerprint density at radius 3 is 2.54 bits per heavy atom. The standard InChI is InChI=1S/C20H23FN2O/c1-15-9-12-23(13-10-15)20(24)19(14-18-4-2-3-11-22-18)16-5-7-17(21)8-6-16/h2-8,11,15,19H,9-10,12-14H2,1H3. The molecule has 3 rings (SSSR count). The molecule has 1 amide bonds. The molecule has 0 bridgehead atoms. The van der Waals surface area contributed by atoms with Crippen LogP contribution in [0.1, 0.15) is 36.9 Å². The molecule has 0 aliphatic carbocycles.